The molecule has 1 aromatic heterocycles. The van der Waals surface area contributed by atoms with Crippen LogP contribution in [0.5, 0.6) is 0 Å². The van der Waals surface area contributed by atoms with Crippen molar-refractivity contribution in [2.75, 3.05) is 7.05 Å². The van der Waals surface area contributed by atoms with Crippen molar-refractivity contribution in [1.29, 1.82) is 0 Å². The molecule has 102 valence electrons. The maximum Gasteiger partial charge on any atom is 0.243 e. The lowest BCUT2D eigenvalue weighted by molar-refractivity contribution is 0.462. The van der Waals surface area contributed by atoms with Crippen LogP contribution in [0.3, 0.4) is 0 Å². The van der Waals surface area contributed by atoms with Crippen molar-refractivity contribution in [2.24, 2.45) is 0 Å². The molecule has 0 spiro atoms. The first-order valence-electron chi connectivity index (χ1n) is 5.51. The average molecular weight is 361 g/mol. The van der Waals surface area contributed by atoms with Gasteiger partial charge in [-0.15, -0.1) is 11.3 Å². The summed E-state index contributed by atoms with van der Waals surface area (Å²) >= 11 is 4.76. The summed E-state index contributed by atoms with van der Waals surface area (Å²) in [5, 5.41) is 1.85. The number of aromatic nitrogens is 1. The number of benzene rings is 1. The summed E-state index contributed by atoms with van der Waals surface area (Å²) in [4.78, 5) is 4.43. The van der Waals surface area contributed by atoms with Crippen molar-refractivity contribution in [3.05, 3.63) is 44.8 Å². The zero-order valence-corrected chi connectivity index (χ0v) is 13.7. The van der Waals surface area contributed by atoms with Gasteiger partial charge >= 0.3 is 0 Å². The molecule has 0 amide bonds. The molecule has 0 unspecified atom stereocenters. The van der Waals surface area contributed by atoms with Gasteiger partial charge < -0.3 is 0 Å². The summed E-state index contributed by atoms with van der Waals surface area (Å²) in [6.07, 6.45) is 0. The quantitative estimate of drug-likeness (QED) is 0.841. The van der Waals surface area contributed by atoms with E-state index < -0.39 is 10.0 Å². The monoisotopic (exact) mass is 360 g/mol. The van der Waals surface area contributed by atoms with Gasteiger partial charge in [0.1, 0.15) is 0 Å². The van der Waals surface area contributed by atoms with Crippen molar-refractivity contribution in [3.8, 4) is 0 Å². The first-order valence-corrected chi connectivity index (χ1v) is 8.68. The lowest BCUT2D eigenvalue weighted by Crippen LogP contribution is -2.27. The van der Waals surface area contributed by atoms with E-state index in [-0.39, 0.29) is 6.54 Å². The minimum Gasteiger partial charge on any atom is -0.248 e. The van der Waals surface area contributed by atoms with Gasteiger partial charge in [0.2, 0.25) is 10.0 Å². The second kappa shape index (κ2) is 5.70. The van der Waals surface area contributed by atoms with E-state index in [2.05, 4.69) is 20.9 Å². The molecular formula is C12H13BrN2O2S2. The fourth-order valence-corrected chi connectivity index (χ4v) is 4.10. The number of hydrogen-bond acceptors (Lipinski definition) is 4. The van der Waals surface area contributed by atoms with Gasteiger partial charge in [-0.05, 0) is 24.6 Å². The molecule has 0 fully saturated rings. The summed E-state index contributed by atoms with van der Waals surface area (Å²) in [6.45, 7) is 2.06. The summed E-state index contributed by atoms with van der Waals surface area (Å²) in [7, 11) is -1.94. The molecule has 0 aliphatic carbocycles. The molecule has 0 saturated heterocycles. The smallest absolute Gasteiger partial charge is 0.243 e. The van der Waals surface area contributed by atoms with Crippen LogP contribution in [0, 0.1) is 6.92 Å². The molecule has 19 heavy (non-hydrogen) atoms. The van der Waals surface area contributed by atoms with E-state index in [0.717, 1.165) is 15.7 Å². The van der Waals surface area contributed by atoms with Crippen LogP contribution < -0.4 is 0 Å². The number of rotatable bonds is 4. The molecule has 7 heteroatoms. The van der Waals surface area contributed by atoms with Crippen LogP contribution in [0.15, 0.2) is 38.5 Å². The molecule has 0 aliphatic heterocycles. The first kappa shape index (κ1) is 14.6. The fourth-order valence-electron chi connectivity index (χ4n) is 1.65. The van der Waals surface area contributed by atoms with Crippen molar-refractivity contribution >= 4 is 37.3 Å². The largest absolute Gasteiger partial charge is 0.248 e. The molecule has 0 bridgehead atoms. The summed E-state index contributed by atoms with van der Waals surface area (Å²) in [5.74, 6) is 0. The fraction of sp³-hybridized carbons (Fsp3) is 0.250. The standard InChI is InChI=1S/C12H13BrN2O2S2/c1-9-3-4-10(13)5-12(9)19(16,17)15(2)6-11-7-18-8-14-11/h3-5,7-8H,6H2,1-2H3. The Labute approximate surface area is 125 Å². The van der Waals surface area contributed by atoms with E-state index in [0.29, 0.717) is 4.90 Å². The average Bonchev–Trinajstić information content (AvgIpc) is 2.85. The minimum absolute atomic E-state index is 0.276. The number of thiazole rings is 1. The van der Waals surface area contributed by atoms with Crippen LogP contribution >= 0.6 is 27.3 Å². The van der Waals surface area contributed by atoms with Crippen LogP contribution in [-0.4, -0.2) is 24.8 Å². The highest BCUT2D eigenvalue weighted by Gasteiger charge is 2.23. The Balaban J connectivity index is 2.33. The number of hydrogen-bond donors (Lipinski definition) is 0. The SMILES string of the molecule is Cc1ccc(Br)cc1S(=O)(=O)N(C)Cc1cscn1. The minimum atomic E-state index is -3.50. The van der Waals surface area contributed by atoms with Gasteiger partial charge in [-0.25, -0.2) is 13.4 Å². The molecule has 1 heterocycles. The number of nitrogens with zero attached hydrogens (tertiary/aromatic N) is 2. The number of halogens is 1. The lowest BCUT2D eigenvalue weighted by Gasteiger charge is -2.17. The molecule has 2 rings (SSSR count). The van der Waals surface area contributed by atoms with Gasteiger partial charge in [0.15, 0.2) is 0 Å². The van der Waals surface area contributed by atoms with Crippen LogP contribution in [0.4, 0.5) is 0 Å². The second-order valence-electron chi connectivity index (χ2n) is 4.15. The highest BCUT2D eigenvalue weighted by Crippen LogP contribution is 2.24. The van der Waals surface area contributed by atoms with E-state index in [1.807, 2.05) is 11.4 Å². The Morgan fingerprint density at radius 2 is 2.16 bits per heavy atom. The molecule has 0 saturated carbocycles. The number of aryl methyl sites for hydroxylation is 1. The Kier molecular flexibility index (Phi) is 4.39. The van der Waals surface area contributed by atoms with E-state index in [1.54, 1.807) is 31.6 Å². The Morgan fingerprint density at radius 1 is 1.42 bits per heavy atom. The molecule has 1 aromatic carbocycles. The maximum absolute atomic E-state index is 12.5. The van der Waals surface area contributed by atoms with Crippen molar-refractivity contribution in [1.82, 2.24) is 9.29 Å². The molecule has 2 aromatic rings. The highest BCUT2D eigenvalue weighted by atomic mass is 79.9. The van der Waals surface area contributed by atoms with Crippen molar-refractivity contribution in [2.45, 2.75) is 18.4 Å². The summed E-state index contributed by atoms with van der Waals surface area (Å²) < 4.78 is 27.1. The van der Waals surface area contributed by atoms with Gasteiger partial charge in [-0.2, -0.15) is 4.31 Å². The third-order valence-corrected chi connectivity index (χ3v) is 5.78. The number of sulfonamides is 1. The van der Waals surface area contributed by atoms with Crippen LogP contribution in [0.25, 0.3) is 0 Å². The molecule has 0 N–H and O–H groups in total. The van der Waals surface area contributed by atoms with E-state index in [9.17, 15) is 8.42 Å². The first-order chi connectivity index (χ1) is 8.91. The zero-order valence-electron chi connectivity index (χ0n) is 10.5. The van der Waals surface area contributed by atoms with E-state index >= 15 is 0 Å². The van der Waals surface area contributed by atoms with E-state index in [1.165, 1.54) is 15.6 Å². The lowest BCUT2D eigenvalue weighted by atomic mass is 10.2. The molecule has 0 radical (unpaired) electrons. The molecule has 4 nitrogen and oxygen atoms in total. The molecule has 0 atom stereocenters. The third-order valence-electron chi connectivity index (χ3n) is 2.71. The van der Waals surface area contributed by atoms with Gasteiger partial charge in [-0.3, -0.25) is 0 Å². The predicted molar refractivity (Wildman–Crippen MR) is 79.6 cm³/mol. The Bertz CT molecular complexity index is 669. The Morgan fingerprint density at radius 3 is 2.79 bits per heavy atom. The van der Waals surface area contributed by atoms with Gasteiger partial charge in [0.05, 0.1) is 22.6 Å². The van der Waals surface area contributed by atoms with Crippen LogP contribution in [-0.2, 0) is 16.6 Å². The highest BCUT2D eigenvalue weighted by molar-refractivity contribution is 9.10. The maximum atomic E-state index is 12.5. The molecule has 0 aliphatic rings. The van der Waals surface area contributed by atoms with Gasteiger partial charge in [-0.1, -0.05) is 22.0 Å². The van der Waals surface area contributed by atoms with E-state index in [4.69, 9.17) is 0 Å². The van der Waals surface area contributed by atoms with Crippen LogP contribution in [0.1, 0.15) is 11.3 Å². The van der Waals surface area contributed by atoms with Gasteiger partial charge in [0.25, 0.3) is 0 Å². The molecular weight excluding hydrogens is 348 g/mol. The zero-order chi connectivity index (χ0) is 14.0. The Hall–Kier alpha value is -0.760. The summed E-state index contributed by atoms with van der Waals surface area (Å²) in [6, 6.07) is 5.24. The van der Waals surface area contributed by atoms with Crippen LogP contribution in [0.2, 0.25) is 0 Å². The van der Waals surface area contributed by atoms with Gasteiger partial charge in [0, 0.05) is 16.9 Å². The summed E-state index contributed by atoms with van der Waals surface area (Å²) in [5.41, 5.74) is 3.18. The topological polar surface area (TPSA) is 50.3 Å². The van der Waals surface area contributed by atoms with Crippen molar-refractivity contribution in [3.63, 3.8) is 0 Å². The van der Waals surface area contributed by atoms with Crippen molar-refractivity contribution < 1.29 is 8.42 Å². The second-order valence-corrected chi connectivity index (χ2v) is 7.80. The predicted octanol–water partition coefficient (Wildman–Crippen LogP) is 3.03. The normalized spacial score (nSPS) is 12.0. The third kappa shape index (κ3) is 3.22.